The van der Waals surface area contributed by atoms with Crippen molar-refractivity contribution in [1.82, 2.24) is 0 Å². The molecule has 0 heterocycles. The molecule has 0 bridgehead atoms. The molecule has 158 valence electrons. The monoisotopic (exact) mass is 388 g/mol. The maximum atomic E-state index is 9.60. The van der Waals surface area contributed by atoms with Crippen molar-refractivity contribution in [3.8, 4) is 0 Å². The highest BCUT2D eigenvalue weighted by Gasteiger charge is 1.93. The van der Waals surface area contributed by atoms with Gasteiger partial charge in [-0.3, -0.25) is 19.2 Å². The number of rotatable bonds is 6. The molecule has 0 atom stereocenters. The first-order valence-corrected chi connectivity index (χ1v) is 7.54. The molecule has 0 saturated heterocycles. The van der Waals surface area contributed by atoms with E-state index in [1.165, 1.54) is 0 Å². The van der Waals surface area contributed by atoms with Crippen molar-refractivity contribution in [2.24, 2.45) is 0 Å². The molecular formula is C15H32O11. The molecule has 0 aromatic rings. The predicted molar refractivity (Wildman–Crippen MR) is 91.9 cm³/mol. The van der Waals surface area contributed by atoms with Gasteiger partial charge in [-0.1, -0.05) is 13.8 Å². The van der Waals surface area contributed by atoms with Gasteiger partial charge in [0.05, 0.1) is 13.2 Å². The number of carboxylic acid groups (broad SMARTS) is 4. The van der Waals surface area contributed by atoms with Crippen LogP contribution < -0.4 is 0 Å². The number of hydrogen-bond acceptors (Lipinski definition) is 7. The lowest BCUT2D eigenvalue weighted by Crippen LogP contribution is -2.15. The van der Waals surface area contributed by atoms with Gasteiger partial charge >= 0.3 is 11.9 Å². The van der Waals surface area contributed by atoms with Crippen molar-refractivity contribution in [2.45, 2.75) is 59.5 Å². The molecule has 0 aliphatic rings. The lowest BCUT2D eigenvalue weighted by Gasteiger charge is -1.96. The van der Waals surface area contributed by atoms with Crippen LogP contribution >= 0.6 is 0 Å². The minimum atomic E-state index is -0.954. The maximum Gasteiger partial charge on any atom is 0.303 e. The molecule has 11 nitrogen and oxygen atoms in total. The molecule has 26 heavy (non-hydrogen) atoms. The van der Waals surface area contributed by atoms with Gasteiger partial charge in [0, 0.05) is 26.7 Å². The Labute approximate surface area is 152 Å². The third kappa shape index (κ3) is 156. The summed E-state index contributed by atoms with van der Waals surface area (Å²) in [6.07, 6.45) is 1.09. The largest absolute Gasteiger partial charge is 0.481 e. The van der Waals surface area contributed by atoms with E-state index in [0.29, 0.717) is 12.8 Å². The number of aliphatic hydroxyl groups is 3. The fourth-order valence-electron chi connectivity index (χ4n) is 0.485. The van der Waals surface area contributed by atoms with Crippen LogP contribution in [-0.2, 0) is 19.2 Å². The summed E-state index contributed by atoms with van der Waals surface area (Å²) in [5.74, 6) is -3.09. The van der Waals surface area contributed by atoms with Gasteiger partial charge < -0.3 is 35.7 Å². The Morgan fingerprint density at radius 1 is 0.692 bits per heavy atom. The summed E-state index contributed by atoms with van der Waals surface area (Å²) in [5, 5.41) is 54.7. The number of hydrogen-bond donors (Lipinski definition) is 7. The Kier molecular flexibility index (Phi) is 41.2. The first-order valence-electron chi connectivity index (χ1n) is 7.54. The van der Waals surface area contributed by atoms with Gasteiger partial charge in [0.15, 0.2) is 0 Å². The summed E-state index contributed by atoms with van der Waals surface area (Å²) < 4.78 is 0. The van der Waals surface area contributed by atoms with Crippen LogP contribution in [0.15, 0.2) is 0 Å². The van der Waals surface area contributed by atoms with Crippen LogP contribution in [0.4, 0.5) is 0 Å². The predicted octanol–water partition coefficient (Wildman–Crippen LogP) is 0.256. The van der Waals surface area contributed by atoms with Gasteiger partial charge in [0.25, 0.3) is 11.9 Å². The quantitative estimate of drug-likeness (QED) is 0.328. The zero-order chi connectivity index (χ0) is 22.1. The average molecular weight is 388 g/mol. The third-order valence-corrected chi connectivity index (χ3v) is 1.35. The minimum absolute atomic E-state index is 0.292. The van der Waals surface area contributed by atoms with Gasteiger partial charge in [0.1, 0.15) is 6.10 Å². The molecule has 0 fully saturated rings. The van der Waals surface area contributed by atoms with E-state index < -0.39 is 30.0 Å². The third-order valence-electron chi connectivity index (χ3n) is 1.35. The Bertz CT molecular complexity index is 302. The summed E-state index contributed by atoms with van der Waals surface area (Å²) in [7, 11) is 0. The first-order chi connectivity index (χ1) is 11.8. The van der Waals surface area contributed by atoms with Gasteiger partial charge in [-0.15, -0.1) is 0 Å². The molecule has 0 radical (unpaired) electrons. The summed E-state index contributed by atoms with van der Waals surface area (Å²) in [4.78, 5) is 37.2. The molecule has 0 aromatic heterocycles. The number of aliphatic hydroxyl groups excluding tert-OH is 3. The van der Waals surface area contributed by atoms with Crippen LogP contribution in [0.3, 0.4) is 0 Å². The van der Waals surface area contributed by atoms with E-state index >= 15 is 0 Å². The molecule has 0 aliphatic heterocycles. The maximum absolute atomic E-state index is 9.60. The van der Waals surface area contributed by atoms with Crippen LogP contribution in [-0.4, -0.2) is 78.9 Å². The molecule has 7 N–H and O–H groups in total. The summed E-state index contributed by atoms with van der Waals surface area (Å²) in [6.45, 7) is 5.12. The lowest BCUT2D eigenvalue weighted by molar-refractivity contribution is -0.138. The lowest BCUT2D eigenvalue weighted by atomic mass is 10.4. The molecule has 11 heteroatoms. The van der Waals surface area contributed by atoms with E-state index in [1.807, 2.05) is 13.8 Å². The van der Waals surface area contributed by atoms with E-state index in [9.17, 15) is 9.59 Å². The molecule has 0 unspecified atom stereocenters. The van der Waals surface area contributed by atoms with Crippen molar-refractivity contribution in [3.05, 3.63) is 0 Å². The average Bonchev–Trinajstić information content (AvgIpc) is 2.46. The Morgan fingerprint density at radius 3 is 0.885 bits per heavy atom. The van der Waals surface area contributed by atoms with E-state index in [1.54, 1.807) is 0 Å². The SMILES string of the molecule is CC(=O)O.CC(=O)O.CCCC(=O)O.CCCC(=O)O.OCC(O)CO. The Balaban J connectivity index is -0.0000000716. The highest BCUT2D eigenvalue weighted by Crippen LogP contribution is 1.82. The minimum Gasteiger partial charge on any atom is -0.481 e. The zero-order valence-electron chi connectivity index (χ0n) is 15.6. The van der Waals surface area contributed by atoms with Crippen LogP contribution in [0.1, 0.15) is 53.4 Å². The van der Waals surface area contributed by atoms with Crippen LogP contribution in [0.25, 0.3) is 0 Å². The van der Waals surface area contributed by atoms with Crippen molar-refractivity contribution >= 4 is 23.9 Å². The summed E-state index contributed by atoms with van der Waals surface area (Å²) in [6, 6.07) is 0. The van der Waals surface area contributed by atoms with Gasteiger partial charge in [-0.2, -0.15) is 0 Å². The first kappa shape index (κ1) is 35.0. The molecule has 0 aromatic carbocycles. The standard InChI is InChI=1S/2C4H8O2.C3H8O3.2C2H4O2/c2*1-2-3-4(5)6;4-1-3(6)2-5;2*1-2(3)4/h2*2-3H2,1H3,(H,5,6);3-6H,1-2H2;2*1H3,(H,3,4). The molecule has 0 saturated carbocycles. The highest BCUT2D eigenvalue weighted by atomic mass is 16.4. The topological polar surface area (TPSA) is 210 Å². The normalized spacial score (nSPS) is 8.00. The van der Waals surface area contributed by atoms with E-state index in [2.05, 4.69) is 0 Å². The molecular weight excluding hydrogens is 356 g/mol. The smallest absolute Gasteiger partial charge is 0.303 e. The summed E-state index contributed by atoms with van der Waals surface area (Å²) in [5.41, 5.74) is 0. The van der Waals surface area contributed by atoms with Gasteiger partial charge in [-0.05, 0) is 12.8 Å². The van der Waals surface area contributed by atoms with Crippen LogP contribution in [0.2, 0.25) is 0 Å². The van der Waals surface area contributed by atoms with Crippen LogP contribution in [0.5, 0.6) is 0 Å². The second kappa shape index (κ2) is 30.6. The number of aliphatic carboxylic acids is 4. The molecule has 0 aliphatic carbocycles. The van der Waals surface area contributed by atoms with Crippen molar-refractivity contribution in [1.29, 1.82) is 0 Å². The number of carboxylic acids is 4. The Morgan fingerprint density at radius 2 is 0.885 bits per heavy atom. The second-order valence-electron chi connectivity index (χ2n) is 4.34. The van der Waals surface area contributed by atoms with E-state index in [-0.39, 0.29) is 13.2 Å². The van der Waals surface area contributed by atoms with Crippen LogP contribution in [0, 0.1) is 0 Å². The molecule has 0 rings (SSSR count). The van der Waals surface area contributed by atoms with E-state index in [4.69, 9.17) is 45.3 Å². The summed E-state index contributed by atoms with van der Waals surface area (Å²) >= 11 is 0. The molecule has 0 spiro atoms. The van der Waals surface area contributed by atoms with Crippen molar-refractivity contribution in [3.63, 3.8) is 0 Å². The van der Waals surface area contributed by atoms with E-state index in [0.717, 1.165) is 26.7 Å². The molecule has 0 amide bonds. The van der Waals surface area contributed by atoms with Crippen molar-refractivity contribution in [2.75, 3.05) is 13.2 Å². The highest BCUT2D eigenvalue weighted by molar-refractivity contribution is 5.66. The second-order valence-corrected chi connectivity index (χ2v) is 4.34. The zero-order valence-corrected chi connectivity index (χ0v) is 15.6. The van der Waals surface area contributed by atoms with Gasteiger partial charge in [-0.25, -0.2) is 0 Å². The van der Waals surface area contributed by atoms with Gasteiger partial charge in [0.2, 0.25) is 0 Å². The fourth-order valence-corrected chi connectivity index (χ4v) is 0.485. The number of carbonyl (C=O) groups is 4. The van der Waals surface area contributed by atoms with Crippen molar-refractivity contribution < 1.29 is 54.9 Å². The Hall–Kier alpha value is -2.24. The fraction of sp³-hybridized carbons (Fsp3) is 0.733.